The Bertz CT molecular complexity index is 590. The molecule has 1 heterocycles. The first-order chi connectivity index (χ1) is 8.61. The molecule has 94 valence electrons. The largest absolute Gasteiger partial charge is 0.462 e. The fourth-order valence-electron chi connectivity index (χ4n) is 1.91. The SMILES string of the molecule is CCCOC(=O)c1cc(C)nc2ccc(C)cc12. The number of hydrogen-bond donors (Lipinski definition) is 0. The quantitative estimate of drug-likeness (QED) is 0.775. The molecule has 0 aliphatic heterocycles. The third-order valence-electron chi connectivity index (χ3n) is 2.75. The van der Waals surface area contributed by atoms with Gasteiger partial charge in [0, 0.05) is 11.1 Å². The second-order valence-electron chi connectivity index (χ2n) is 4.47. The lowest BCUT2D eigenvalue weighted by Gasteiger charge is -2.08. The van der Waals surface area contributed by atoms with Crippen LogP contribution in [-0.2, 0) is 4.74 Å². The van der Waals surface area contributed by atoms with Crippen molar-refractivity contribution in [1.82, 2.24) is 4.98 Å². The number of aromatic nitrogens is 1. The van der Waals surface area contributed by atoms with Gasteiger partial charge in [-0.15, -0.1) is 0 Å². The summed E-state index contributed by atoms with van der Waals surface area (Å²) >= 11 is 0. The van der Waals surface area contributed by atoms with E-state index in [9.17, 15) is 4.79 Å². The highest BCUT2D eigenvalue weighted by atomic mass is 16.5. The number of ether oxygens (including phenoxy) is 1. The van der Waals surface area contributed by atoms with E-state index in [1.54, 1.807) is 6.07 Å². The third-order valence-corrected chi connectivity index (χ3v) is 2.75. The first kappa shape index (κ1) is 12.6. The maximum atomic E-state index is 12.0. The number of esters is 1. The summed E-state index contributed by atoms with van der Waals surface area (Å²) in [4.78, 5) is 16.5. The molecule has 1 aromatic carbocycles. The monoisotopic (exact) mass is 243 g/mol. The van der Waals surface area contributed by atoms with Crippen molar-refractivity contribution >= 4 is 16.9 Å². The average molecular weight is 243 g/mol. The molecule has 3 heteroatoms. The number of benzene rings is 1. The van der Waals surface area contributed by atoms with Crippen LogP contribution in [0.2, 0.25) is 0 Å². The van der Waals surface area contributed by atoms with Crippen LogP contribution < -0.4 is 0 Å². The second kappa shape index (κ2) is 5.17. The van der Waals surface area contributed by atoms with Gasteiger partial charge >= 0.3 is 5.97 Å². The lowest BCUT2D eigenvalue weighted by molar-refractivity contribution is 0.0507. The van der Waals surface area contributed by atoms with Gasteiger partial charge < -0.3 is 4.74 Å². The van der Waals surface area contributed by atoms with E-state index in [0.29, 0.717) is 12.2 Å². The van der Waals surface area contributed by atoms with Gasteiger partial charge in [0.25, 0.3) is 0 Å². The molecule has 0 aliphatic rings. The number of pyridine rings is 1. The maximum absolute atomic E-state index is 12.0. The lowest BCUT2D eigenvalue weighted by Crippen LogP contribution is -2.07. The van der Waals surface area contributed by atoms with Gasteiger partial charge in [-0.3, -0.25) is 4.98 Å². The summed E-state index contributed by atoms with van der Waals surface area (Å²) in [6.45, 7) is 6.32. The van der Waals surface area contributed by atoms with E-state index < -0.39 is 0 Å². The van der Waals surface area contributed by atoms with E-state index in [2.05, 4.69) is 4.98 Å². The molecular formula is C15H17NO2. The highest BCUT2D eigenvalue weighted by Crippen LogP contribution is 2.20. The normalized spacial score (nSPS) is 10.6. The molecule has 0 saturated carbocycles. The summed E-state index contributed by atoms with van der Waals surface area (Å²) in [6, 6.07) is 7.70. The second-order valence-corrected chi connectivity index (χ2v) is 4.47. The number of aryl methyl sites for hydroxylation is 2. The molecule has 0 amide bonds. The van der Waals surface area contributed by atoms with Gasteiger partial charge in [-0.1, -0.05) is 18.6 Å². The van der Waals surface area contributed by atoms with Gasteiger partial charge in [0.2, 0.25) is 0 Å². The van der Waals surface area contributed by atoms with Gasteiger partial charge in [-0.2, -0.15) is 0 Å². The minimum absolute atomic E-state index is 0.266. The zero-order valence-electron chi connectivity index (χ0n) is 11.0. The van der Waals surface area contributed by atoms with Crippen LogP contribution in [0.25, 0.3) is 10.9 Å². The van der Waals surface area contributed by atoms with Crippen molar-refractivity contribution in [3.05, 3.63) is 41.1 Å². The first-order valence-corrected chi connectivity index (χ1v) is 6.17. The smallest absolute Gasteiger partial charge is 0.338 e. The van der Waals surface area contributed by atoms with Crippen molar-refractivity contribution in [1.29, 1.82) is 0 Å². The Labute approximate surface area is 107 Å². The van der Waals surface area contributed by atoms with Gasteiger partial charge in [0.05, 0.1) is 17.7 Å². The highest BCUT2D eigenvalue weighted by Gasteiger charge is 2.13. The van der Waals surface area contributed by atoms with Gasteiger partial charge in [0.15, 0.2) is 0 Å². The molecule has 2 aromatic rings. The van der Waals surface area contributed by atoms with E-state index in [1.807, 2.05) is 39.0 Å². The first-order valence-electron chi connectivity index (χ1n) is 6.17. The standard InChI is InChI=1S/C15H17NO2/c1-4-7-18-15(17)13-9-11(3)16-14-6-5-10(2)8-12(13)14/h5-6,8-9H,4,7H2,1-3H3. The minimum atomic E-state index is -0.266. The summed E-state index contributed by atoms with van der Waals surface area (Å²) in [5, 5.41) is 0.863. The molecule has 0 spiro atoms. The predicted molar refractivity (Wildman–Crippen MR) is 71.8 cm³/mol. The fraction of sp³-hybridized carbons (Fsp3) is 0.333. The molecule has 0 N–H and O–H groups in total. The summed E-state index contributed by atoms with van der Waals surface area (Å²) in [5.74, 6) is -0.266. The number of rotatable bonds is 3. The van der Waals surface area contributed by atoms with Crippen molar-refractivity contribution in [2.24, 2.45) is 0 Å². The summed E-state index contributed by atoms with van der Waals surface area (Å²) in [5.41, 5.74) is 3.38. The predicted octanol–water partition coefficient (Wildman–Crippen LogP) is 3.42. The molecule has 0 bridgehead atoms. The van der Waals surface area contributed by atoms with E-state index in [-0.39, 0.29) is 5.97 Å². The van der Waals surface area contributed by atoms with Crippen LogP contribution in [0.15, 0.2) is 24.3 Å². The van der Waals surface area contributed by atoms with Gasteiger partial charge in [-0.25, -0.2) is 4.79 Å². The number of carbonyl (C=O) groups excluding carboxylic acids is 1. The molecule has 0 atom stereocenters. The molecule has 0 saturated heterocycles. The summed E-state index contributed by atoms with van der Waals surface area (Å²) < 4.78 is 5.21. The van der Waals surface area contributed by atoms with Crippen LogP contribution in [0.4, 0.5) is 0 Å². The van der Waals surface area contributed by atoms with Gasteiger partial charge in [0.1, 0.15) is 0 Å². The lowest BCUT2D eigenvalue weighted by atomic mass is 10.1. The molecular weight excluding hydrogens is 226 g/mol. The van der Waals surface area contributed by atoms with E-state index in [0.717, 1.165) is 28.6 Å². The molecule has 3 nitrogen and oxygen atoms in total. The Morgan fingerprint density at radius 1 is 1.28 bits per heavy atom. The molecule has 0 fully saturated rings. The maximum Gasteiger partial charge on any atom is 0.338 e. The van der Waals surface area contributed by atoms with Crippen molar-refractivity contribution < 1.29 is 9.53 Å². The molecule has 18 heavy (non-hydrogen) atoms. The van der Waals surface area contributed by atoms with Crippen LogP contribution >= 0.6 is 0 Å². The number of hydrogen-bond acceptors (Lipinski definition) is 3. The van der Waals surface area contributed by atoms with Crippen molar-refractivity contribution in [2.75, 3.05) is 6.61 Å². The van der Waals surface area contributed by atoms with Crippen molar-refractivity contribution in [3.63, 3.8) is 0 Å². The topological polar surface area (TPSA) is 39.2 Å². The van der Waals surface area contributed by atoms with Crippen LogP contribution in [0, 0.1) is 13.8 Å². The Morgan fingerprint density at radius 3 is 2.78 bits per heavy atom. The van der Waals surface area contributed by atoms with Crippen molar-refractivity contribution in [2.45, 2.75) is 27.2 Å². The van der Waals surface area contributed by atoms with Crippen LogP contribution in [0.1, 0.15) is 35.0 Å². The number of fused-ring (bicyclic) bond motifs is 1. The third kappa shape index (κ3) is 2.50. The zero-order valence-corrected chi connectivity index (χ0v) is 11.0. The summed E-state index contributed by atoms with van der Waals surface area (Å²) in [6.07, 6.45) is 0.826. The highest BCUT2D eigenvalue weighted by molar-refractivity contribution is 6.03. The molecule has 0 unspecified atom stereocenters. The van der Waals surface area contributed by atoms with Crippen molar-refractivity contribution in [3.8, 4) is 0 Å². The summed E-state index contributed by atoms with van der Waals surface area (Å²) in [7, 11) is 0. The Morgan fingerprint density at radius 2 is 2.06 bits per heavy atom. The Balaban J connectivity index is 2.54. The van der Waals surface area contributed by atoms with E-state index >= 15 is 0 Å². The molecule has 0 radical (unpaired) electrons. The molecule has 2 rings (SSSR count). The minimum Gasteiger partial charge on any atom is -0.462 e. The van der Waals surface area contributed by atoms with E-state index in [4.69, 9.17) is 4.74 Å². The van der Waals surface area contributed by atoms with Crippen LogP contribution in [-0.4, -0.2) is 17.6 Å². The number of carbonyl (C=O) groups is 1. The van der Waals surface area contributed by atoms with E-state index in [1.165, 1.54) is 0 Å². The average Bonchev–Trinajstić information content (AvgIpc) is 2.35. The van der Waals surface area contributed by atoms with Crippen LogP contribution in [0.5, 0.6) is 0 Å². The Hall–Kier alpha value is -1.90. The zero-order chi connectivity index (χ0) is 13.1. The Kier molecular flexibility index (Phi) is 3.60. The fourth-order valence-corrected chi connectivity index (χ4v) is 1.91. The molecule has 1 aromatic heterocycles. The number of nitrogens with zero attached hydrogens (tertiary/aromatic N) is 1. The molecule has 0 aliphatic carbocycles. The van der Waals surface area contributed by atoms with Gasteiger partial charge in [-0.05, 0) is 38.5 Å². The van der Waals surface area contributed by atoms with Crippen LogP contribution in [0.3, 0.4) is 0 Å².